The molecule has 1 unspecified atom stereocenters. The van der Waals surface area contributed by atoms with Crippen LogP contribution in [0, 0.1) is 0 Å². The number of aromatic amines is 1. The maximum atomic E-state index is 12.0. The molecule has 4 nitrogen and oxygen atoms in total. The molecule has 0 saturated carbocycles. The highest BCUT2D eigenvalue weighted by molar-refractivity contribution is 7.99. The van der Waals surface area contributed by atoms with Gasteiger partial charge in [-0.25, -0.2) is 0 Å². The van der Waals surface area contributed by atoms with Gasteiger partial charge in [-0.1, -0.05) is 25.5 Å². The van der Waals surface area contributed by atoms with Crippen molar-refractivity contribution in [2.24, 2.45) is 0 Å². The van der Waals surface area contributed by atoms with E-state index in [2.05, 4.69) is 34.9 Å². The van der Waals surface area contributed by atoms with Crippen LogP contribution < -0.4 is 0 Å². The average Bonchev–Trinajstić information content (AvgIpc) is 2.92. The first kappa shape index (κ1) is 16.8. The third-order valence-corrected chi connectivity index (χ3v) is 4.96. The fourth-order valence-electron chi connectivity index (χ4n) is 2.39. The summed E-state index contributed by atoms with van der Waals surface area (Å²) in [5.74, 6) is 3.72. The van der Waals surface area contributed by atoms with Crippen LogP contribution in [0.3, 0.4) is 0 Å². The standard InChI is InChI=1S/C17H25N3OS/c1-5-6-11-20(2)13-15-12-18-19-17(15)14-7-9-16(10-8-14)22(3,4)21/h7-10,12H,3,5-6,11,13H2,1-2,4H3,(H,18,19). The molecule has 2 aromatic rings. The van der Waals surface area contributed by atoms with Gasteiger partial charge in [0.15, 0.2) is 0 Å². The van der Waals surface area contributed by atoms with Gasteiger partial charge in [0.05, 0.1) is 11.9 Å². The van der Waals surface area contributed by atoms with Crippen molar-refractivity contribution >= 4 is 15.4 Å². The van der Waals surface area contributed by atoms with Crippen LogP contribution in [-0.2, 0) is 16.1 Å². The van der Waals surface area contributed by atoms with Gasteiger partial charge in [0.25, 0.3) is 0 Å². The summed E-state index contributed by atoms with van der Waals surface area (Å²) in [6, 6.07) is 7.73. The van der Waals surface area contributed by atoms with Crippen molar-refractivity contribution in [1.82, 2.24) is 15.1 Å². The molecule has 0 aliphatic carbocycles. The lowest BCUT2D eigenvalue weighted by molar-refractivity contribution is 0.321. The maximum absolute atomic E-state index is 12.0. The van der Waals surface area contributed by atoms with Crippen molar-refractivity contribution in [2.45, 2.75) is 31.2 Å². The number of aromatic nitrogens is 2. The Labute approximate surface area is 133 Å². The Morgan fingerprint density at radius 2 is 2.00 bits per heavy atom. The largest absolute Gasteiger partial charge is 0.302 e. The van der Waals surface area contributed by atoms with Crippen LogP contribution in [0.2, 0.25) is 0 Å². The summed E-state index contributed by atoms with van der Waals surface area (Å²) >= 11 is 0. The van der Waals surface area contributed by atoms with Gasteiger partial charge >= 0.3 is 0 Å². The predicted octanol–water partition coefficient (Wildman–Crippen LogP) is 3.01. The van der Waals surface area contributed by atoms with Crippen LogP contribution in [0.15, 0.2) is 35.4 Å². The van der Waals surface area contributed by atoms with Gasteiger partial charge in [-0.2, -0.15) is 5.10 Å². The molecule has 2 rings (SSSR count). The lowest BCUT2D eigenvalue weighted by Crippen LogP contribution is -2.19. The van der Waals surface area contributed by atoms with E-state index in [0.29, 0.717) is 0 Å². The fraction of sp³-hybridized carbons (Fsp3) is 0.412. The molecular weight excluding hydrogens is 294 g/mol. The van der Waals surface area contributed by atoms with Crippen LogP contribution in [0.1, 0.15) is 25.3 Å². The van der Waals surface area contributed by atoms with Gasteiger partial charge in [0.1, 0.15) is 0 Å². The number of nitrogens with zero attached hydrogens (tertiary/aromatic N) is 2. The number of benzene rings is 1. The molecule has 5 heteroatoms. The van der Waals surface area contributed by atoms with Gasteiger partial charge in [0, 0.05) is 23.3 Å². The van der Waals surface area contributed by atoms with Gasteiger partial charge in [0.2, 0.25) is 0 Å². The zero-order valence-corrected chi connectivity index (χ0v) is 14.4. The number of H-pyrrole nitrogens is 1. The number of nitrogens with one attached hydrogen (secondary N) is 1. The van der Waals surface area contributed by atoms with Gasteiger partial charge in [-0.15, -0.1) is 0 Å². The second-order valence-corrected chi connectivity index (χ2v) is 8.37. The summed E-state index contributed by atoms with van der Waals surface area (Å²) in [6.45, 7) is 4.15. The topological polar surface area (TPSA) is 49.0 Å². The lowest BCUT2D eigenvalue weighted by atomic mass is 10.1. The van der Waals surface area contributed by atoms with E-state index in [1.165, 1.54) is 18.4 Å². The monoisotopic (exact) mass is 319 g/mol. The average molecular weight is 319 g/mol. The molecule has 1 aromatic carbocycles. The van der Waals surface area contributed by atoms with E-state index in [9.17, 15) is 4.21 Å². The van der Waals surface area contributed by atoms with Gasteiger partial charge in [-0.05, 0) is 53.1 Å². The van der Waals surface area contributed by atoms with Crippen LogP contribution in [0.5, 0.6) is 0 Å². The normalized spacial score (nSPS) is 14.2. The van der Waals surface area contributed by atoms with Crippen molar-refractivity contribution < 1.29 is 4.21 Å². The van der Waals surface area contributed by atoms with Crippen molar-refractivity contribution in [3.8, 4) is 11.3 Å². The van der Waals surface area contributed by atoms with Crippen LogP contribution in [0.25, 0.3) is 11.3 Å². The van der Waals surface area contributed by atoms with E-state index in [1.807, 2.05) is 30.5 Å². The Balaban J connectivity index is 2.18. The Morgan fingerprint density at radius 1 is 1.32 bits per heavy atom. The highest BCUT2D eigenvalue weighted by Gasteiger charge is 2.10. The minimum absolute atomic E-state index is 0.775. The van der Waals surface area contributed by atoms with E-state index in [-0.39, 0.29) is 0 Å². The summed E-state index contributed by atoms with van der Waals surface area (Å²) < 4.78 is 12.0. The van der Waals surface area contributed by atoms with E-state index >= 15 is 0 Å². The zero-order valence-electron chi connectivity index (χ0n) is 13.6. The van der Waals surface area contributed by atoms with E-state index in [0.717, 1.165) is 29.2 Å². The quantitative estimate of drug-likeness (QED) is 0.798. The fourth-order valence-corrected chi connectivity index (χ4v) is 3.10. The van der Waals surface area contributed by atoms with Crippen molar-refractivity contribution in [2.75, 3.05) is 19.8 Å². The minimum atomic E-state index is -2.16. The molecule has 0 fully saturated rings. The highest BCUT2D eigenvalue weighted by Crippen LogP contribution is 2.23. The summed E-state index contributed by atoms with van der Waals surface area (Å²) in [5, 5.41) is 7.26. The molecule has 1 heterocycles. The Morgan fingerprint density at radius 3 is 2.59 bits per heavy atom. The molecule has 0 spiro atoms. The lowest BCUT2D eigenvalue weighted by Gasteiger charge is -2.16. The predicted molar refractivity (Wildman–Crippen MR) is 94.7 cm³/mol. The smallest absolute Gasteiger partial charge is 0.0695 e. The van der Waals surface area contributed by atoms with Crippen LogP contribution in [0.4, 0.5) is 0 Å². The van der Waals surface area contributed by atoms with E-state index < -0.39 is 9.52 Å². The molecule has 0 aliphatic heterocycles. The van der Waals surface area contributed by atoms with Gasteiger partial charge < -0.3 is 4.90 Å². The van der Waals surface area contributed by atoms with Crippen LogP contribution >= 0.6 is 0 Å². The highest BCUT2D eigenvalue weighted by atomic mass is 32.2. The zero-order chi connectivity index (χ0) is 16.2. The molecule has 0 bridgehead atoms. The second kappa shape index (κ2) is 7.11. The van der Waals surface area contributed by atoms with Crippen molar-refractivity contribution in [1.29, 1.82) is 0 Å². The third-order valence-electron chi connectivity index (χ3n) is 3.69. The first-order valence-corrected chi connectivity index (χ1v) is 9.69. The van der Waals surface area contributed by atoms with Crippen LogP contribution in [-0.4, -0.2) is 45.0 Å². The molecule has 22 heavy (non-hydrogen) atoms. The molecule has 1 N–H and O–H groups in total. The first-order valence-electron chi connectivity index (χ1n) is 7.55. The summed E-state index contributed by atoms with van der Waals surface area (Å²) in [7, 11) is -0.0324. The molecule has 1 aromatic heterocycles. The Kier molecular flexibility index (Phi) is 5.42. The van der Waals surface area contributed by atoms with Crippen molar-refractivity contribution in [3.63, 3.8) is 0 Å². The second-order valence-electron chi connectivity index (χ2n) is 5.89. The third kappa shape index (κ3) is 4.21. The summed E-state index contributed by atoms with van der Waals surface area (Å²) in [4.78, 5) is 3.08. The van der Waals surface area contributed by atoms with Crippen molar-refractivity contribution in [3.05, 3.63) is 36.0 Å². The Hall–Kier alpha value is -1.59. The van der Waals surface area contributed by atoms with E-state index in [4.69, 9.17) is 0 Å². The molecule has 0 saturated heterocycles. The summed E-state index contributed by atoms with van der Waals surface area (Å²) in [6.07, 6.45) is 5.94. The number of hydrogen-bond donors (Lipinski definition) is 1. The Bertz CT molecular complexity index is 702. The molecule has 0 amide bonds. The molecule has 1 atom stereocenters. The molecular formula is C17H25N3OS. The van der Waals surface area contributed by atoms with Gasteiger partial charge in [-0.3, -0.25) is 9.31 Å². The minimum Gasteiger partial charge on any atom is -0.302 e. The number of rotatable bonds is 7. The number of unbranched alkanes of at least 4 members (excludes halogenated alkanes) is 1. The molecule has 0 aliphatic rings. The maximum Gasteiger partial charge on any atom is 0.0695 e. The first-order chi connectivity index (χ1) is 10.4. The van der Waals surface area contributed by atoms with E-state index in [1.54, 1.807) is 6.26 Å². The molecule has 120 valence electrons. The molecule has 0 radical (unpaired) electrons. The SMILES string of the molecule is C=S(C)(=O)c1ccc(-c2[nH]ncc2CN(C)CCCC)cc1. The number of hydrogen-bond acceptors (Lipinski definition) is 3. The summed E-state index contributed by atoms with van der Waals surface area (Å²) in [5.41, 5.74) is 3.27.